The van der Waals surface area contributed by atoms with Gasteiger partial charge in [0.15, 0.2) is 5.96 Å². The van der Waals surface area contributed by atoms with Gasteiger partial charge in [-0.2, -0.15) is 0 Å². The van der Waals surface area contributed by atoms with Crippen LogP contribution in [0.4, 0.5) is 0 Å². The molecule has 0 radical (unpaired) electrons. The van der Waals surface area contributed by atoms with Crippen LogP contribution in [-0.2, 0) is 5.60 Å². The van der Waals surface area contributed by atoms with Crippen LogP contribution in [0.1, 0.15) is 31.6 Å². The van der Waals surface area contributed by atoms with Crippen molar-refractivity contribution in [2.24, 2.45) is 4.99 Å². The predicted molar refractivity (Wildman–Crippen MR) is 76.0 cm³/mol. The molecule has 1 unspecified atom stereocenters. The zero-order chi connectivity index (χ0) is 13.0. The number of rotatable bonds is 5. The molecule has 4 nitrogen and oxygen atoms in total. The van der Waals surface area contributed by atoms with E-state index in [9.17, 15) is 5.11 Å². The molecule has 0 saturated heterocycles. The van der Waals surface area contributed by atoms with Gasteiger partial charge in [-0.05, 0) is 38.1 Å². The van der Waals surface area contributed by atoms with E-state index in [2.05, 4.69) is 15.6 Å². The molecule has 1 aliphatic rings. The lowest BCUT2D eigenvalue weighted by Crippen LogP contribution is -2.39. The topological polar surface area (TPSA) is 56.7 Å². The van der Waals surface area contributed by atoms with Gasteiger partial charge in [0.2, 0.25) is 0 Å². The van der Waals surface area contributed by atoms with Crippen LogP contribution in [0.3, 0.4) is 0 Å². The lowest BCUT2D eigenvalue weighted by Gasteiger charge is -2.20. The predicted octanol–water partition coefficient (Wildman–Crippen LogP) is 1.67. The molecule has 0 amide bonds. The summed E-state index contributed by atoms with van der Waals surface area (Å²) in [4.78, 5) is 5.42. The molecule has 5 heteroatoms. The third-order valence-electron chi connectivity index (χ3n) is 2.86. The maximum Gasteiger partial charge on any atom is 0.191 e. The van der Waals surface area contributed by atoms with Gasteiger partial charge in [-0.15, -0.1) is 11.3 Å². The Kier molecular flexibility index (Phi) is 4.24. The molecule has 1 aromatic rings. The Morgan fingerprint density at radius 2 is 2.39 bits per heavy atom. The maximum absolute atomic E-state index is 10.4. The summed E-state index contributed by atoms with van der Waals surface area (Å²) in [6.07, 6.45) is 2.43. The SMILES string of the molecule is CCNC(=NCC(C)(O)c1cccs1)NC1CC1. The van der Waals surface area contributed by atoms with Gasteiger partial charge in [-0.1, -0.05) is 6.07 Å². The van der Waals surface area contributed by atoms with Gasteiger partial charge in [0.1, 0.15) is 5.60 Å². The Bertz CT molecular complexity index is 396. The van der Waals surface area contributed by atoms with Crippen LogP contribution in [0.25, 0.3) is 0 Å². The Balaban J connectivity index is 1.97. The molecule has 18 heavy (non-hydrogen) atoms. The summed E-state index contributed by atoms with van der Waals surface area (Å²) in [7, 11) is 0. The van der Waals surface area contributed by atoms with Crippen molar-refractivity contribution in [1.82, 2.24) is 10.6 Å². The first-order chi connectivity index (χ1) is 8.62. The fourth-order valence-corrected chi connectivity index (χ4v) is 2.42. The number of nitrogens with one attached hydrogen (secondary N) is 2. The molecule has 1 saturated carbocycles. The normalized spacial score (nSPS) is 19.4. The van der Waals surface area contributed by atoms with E-state index < -0.39 is 5.60 Å². The summed E-state index contributed by atoms with van der Waals surface area (Å²) in [5.74, 6) is 0.803. The van der Waals surface area contributed by atoms with Crippen LogP contribution in [-0.4, -0.2) is 30.2 Å². The van der Waals surface area contributed by atoms with Gasteiger partial charge in [-0.25, -0.2) is 4.99 Å². The highest BCUT2D eigenvalue weighted by atomic mass is 32.1. The van der Waals surface area contributed by atoms with E-state index in [1.165, 1.54) is 12.8 Å². The molecular weight excluding hydrogens is 246 g/mol. The van der Waals surface area contributed by atoms with Gasteiger partial charge in [0.05, 0.1) is 6.54 Å². The van der Waals surface area contributed by atoms with Gasteiger partial charge >= 0.3 is 0 Å². The first-order valence-electron chi connectivity index (χ1n) is 6.43. The highest BCUT2D eigenvalue weighted by Crippen LogP contribution is 2.25. The molecule has 0 bridgehead atoms. The van der Waals surface area contributed by atoms with Crippen molar-refractivity contribution >= 4 is 17.3 Å². The molecule has 0 spiro atoms. The third-order valence-corrected chi connectivity index (χ3v) is 3.98. The number of thiophene rings is 1. The minimum absolute atomic E-state index is 0.371. The Hall–Kier alpha value is -1.07. The summed E-state index contributed by atoms with van der Waals surface area (Å²) in [6, 6.07) is 4.46. The number of hydrogen-bond acceptors (Lipinski definition) is 3. The van der Waals surface area contributed by atoms with Crippen LogP contribution in [0, 0.1) is 0 Å². The molecule has 100 valence electrons. The summed E-state index contributed by atoms with van der Waals surface area (Å²) in [5, 5.41) is 18.9. The van der Waals surface area contributed by atoms with Gasteiger partial charge in [0.25, 0.3) is 0 Å². The smallest absolute Gasteiger partial charge is 0.191 e. The molecular formula is C13H21N3OS. The van der Waals surface area contributed by atoms with Crippen molar-refractivity contribution in [3.63, 3.8) is 0 Å². The zero-order valence-electron chi connectivity index (χ0n) is 10.9. The van der Waals surface area contributed by atoms with Crippen LogP contribution < -0.4 is 10.6 Å². The average molecular weight is 267 g/mol. The number of aliphatic hydroxyl groups is 1. The molecule has 3 N–H and O–H groups in total. The minimum Gasteiger partial charge on any atom is -0.383 e. The van der Waals surface area contributed by atoms with E-state index in [0.29, 0.717) is 12.6 Å². The highest BCUT2D eigenvalue weighted by molar-refractivity contribution is 7.10. The lowest BCUT2D eigenvalue weighted by molar-refractivity contribution is 0.0711. The molecule has 1 aromatic heterocycles. The van der Waals surface area contributed by atoms with E-state index in [4.69, 9.17) is 0 Å². The number of aliphatic imine (C=N–C) groups is 1. The van der Waals surface area contributed by atoms with Crippen LogP contribution in [0.2, 0.25) is 0 Å². The zero-order valence-corrected chi connectivity index (χ0v) is 11.8. The Labute approximate surface area is 112 Å². The average Bonchev–Trinajstić information content (AvgIpc) is 2.96. The summed E-state index contributed by atoms with van der Waals surface area (Å²) in [6.45, 7) is 5.06. The van der Waals surface area contributed by atoms with E-state index in [1.807, 2.05) is 31.4 Å². The molecule has 1 heterocycles. The van der Waals surface area contributed by atoms with E-state index >= 15 is 0 Å². The highest BCUT2D eigenvalue weighted by Gasteiger charge is 2.25. The van der Waals surface area contributed by atoms with Crippen molar-refractivity contribution < 1.29 is 5.11 Å². The Morgan fingerprint density at radius 1 is 1.61 bits per heavy atom. The first kappa shape index (κ1) is 13.4. The largest absolute Gasteiger partial charge is 0.383 e. The van der Waals surface area contributed by atoms with E-state index in [0.717, 1.165) is 17.4 Å². The first-order valence-corrected chi connectivity index (χ1v) is 7.31. The van der Waals surface area contributed by atoms with Gasteiger partial charge in [0, 0.05) is 17.5 Å². The second-order valence-corrected chi connectivity index (χ2v) is 5.81. The van der Waals surface area contributed by atoms with Crippen LogP contribution in [0.15, 0.2) is 22.5 Å². The lowest BCUT2D eigenvalue weighted by atomic mass is 10.1. The maximum atomic E-state index is 10.4. The van der Waals surface area contributed by atoms with Crippen LogP contribution >= 0.6 is 11.3 Å². The molecule has 1 aliphatic carbocycles. The Morgan fingerprint density at radius 3 is 2.94 bits per heavy atom. The molecule has 1 atom stereocenters. The summed E-state index contributed by atoms with van der Waals surface area (Å²) >= 11 is 1.56. The fraction of sp³-hybridized carbons (Fsp3) is 0.615. The summed E-state index contributed by atoms with van der Waals surface area (Å²) in [5.41, 5.74) is -0.889. The van der Waals surface area contributed by atoms with Crippen molar-refractivity contribution in [1.29, 1.82) is 0 Å². The second kappa shape index (κ2) is 5.71. The molecule has 1 fully saturated rings. The molecule has 0 aromatic carbocycles. The van der Waals surface area contributed by atoms with E-state index in [-0.39, 0.29) is 0 Å². The third kappa shape index (κ3) is 3.71. The van der Waals surface area contributed by atoms with Gasteiger partial charge < -0.3 is 15.7 Å². The molecule has 2 rings (SSSR count). The monoisotopic (exact) mass is 267 g/mol. The minimum atomic E-state index is -0.889. The van der Waals surface area contributed by atoms with Crippen molar-refractivity contribution in [2.45, 2.75) is 38.3 Å². The number of nitrogens with zero attached hydrogens (tertiary/aromatic N) is 1. The number of guanidine groups is 1. The fourth-order valence-electron chi connectivity index (χ4n) is 1.64. The van der Waals surface area contributed by atoms with Crippen molar-refractivity contribution in [3.8, 4) is 0 Å². The number of hydrogen-bond donors (Lipinski definition) is 3. The quantitative estimate of drug-likeness (QED) is 0.562. The van der Waals surface area contributed by atoms with Gasteiger partial charge in [-0.3, -0.25) is 0 Å². The van der Waals surface area contributed by atoms with E-state index in [1.54, 1.807) is 11.3 Å². The van der Waals surface area contributed by atoms with Crippen molar-refractivity contribution in [3.05, 3.63) is 22.4 Å². The van der Waals surface area contributed by atoms with Crippen molar-refractivity contribution in [2.75, 3.05) is 13.1 Å². The second-order valence-electron chi connectivity index (χ2n) is 4.86. The van der Waals surface area contributed by atoms with Crippen LogP contribution in [0.5, 0.6) is 0 Å². The summed E-state index contributed by atoms with van der Waals surface area (Å²) < 4.78 is 0. The standard InChI is InChI=1S/C13H21N3OS/c1-3-14-12(16-10-6-7-10)15-9-13(2,17)11-5-4-8-18-11/h4-5,8,10,17H,3,6-7,9H2,1-2H3,(H2,14,15,16). The molecule has 0 aliphatic heterocycles.